The molecule has 1 aliphatic carbocycles. The molecule has 0 aromatic heterocycles. The lowest BCUT2D eigenvalue weighted by molar-refractivity contribution is -0.131. The molecule has 1 fully saturated rings. The molecule has 1 rings (SSSR count). The standard InChI is InChI=1S/C41H67N4O13P/c1-6-22-52-28-31-55-25-19-42-37(46)13-16-41(17-14-38(47)43-20-26-56-32-29-53-23-7-2,18-15-39(48)44-21-27-57-33-30-54-24-8-3)45-40(49)35-9-11-36(12-10-35)58-59(50,51)34(4)5/h1-3,34-36H,9-33H2,4-5H3,(H,42,46)(H,43,47)(H,44,48)(H,45,49)(H,50,51). The van der Waals surface area contributed by atoms with Gasteiger partial charge in [-0.15, -0.1) is 19.3 Å². The van der Waals surface area contributed by atoms with E-state index < -0.39 is 30.8 Å². The molecule has 0 heterocycles. The molecule has 1 saturated carbocycles. The number of amides is 4. The molecule has 0 spiro atoms. The highest BCUT2D eigenvalue weighted by Crippen LogP contribution is 2.50. The molecule has 0 bridgehead atoms. The van der Waals surface area contributed by atoms with Crippen LogP contribution in [0.3, 0.4) is 0 Å². The van der Waals surface area contributed by atoms with Gasteiger partial charge in [-0.3, -0.25) is 23.7 Å². The third-order valence-electron chi connectivity index (χ3n) is 9.26. The van der Waals surface area contributed by atoms with Crippen LogP contribution in [0.5, 0.6) is 0 Å². The van der Waals surface area contributed by atoms with E-state index >= 15 is 0 Å². The first-order valence-corrected chi connectivity index (χ1v) is 21.9. The second kappa shape index (κ2) is 33.2. The Morgan fingerprint density at radius 1 is 0.627 bits per heavy atom. The molecule has 334 valence electrons. The second-order valence-electron chi connectivity index (χ2n) is 14.2. The Bertz CT molecular complexity index is 1270. The van der Waals surface area contributed by atoms with Gasteiger partial charge in [-0.05, 0) is 44.9 Å². The first-order chi connectivity index (χ1) is 28.4. The van der Waals surface area contributed by atoms with Crippen LogP contribution in [-0.2, 0) is 56.7 Å². The summed E-state index contributed by atoms with van der Waals surface area (Å²) in [5.41, 5.74) is -1.69. The van der Waals surface area contributed by atoms with Crippen molar-refractivity contribution in [3.63, 3.8) is 0 Å². The molecule has 4 amide bonds. The van der Waals surface area contributed by atoms with E-state index in [1.807, 2.05) is 0 Å². The normalized spacial score (nSPS) is 16.2. The Balaban J connectivity index is 3.05. The molecule has 59 heavy (non-hydrogen) atoms. The summed E-state index contributed by atoms with van der Waals surface area (Å²) in [7, 11) is -3.79. The zero-order chi connectivity index (χ0) is 43.6. The maximum Gasteiger partial charge on any atom is 0.330 e. The summed E-state index contributed by atoms with van der Waals surface area (Å²) >= 11 is 0. The van der Waals surface area contributed by atoms with Crippen molar-refractivity contribution in [3.8, 4) is 37.0 Å². The van der Waals surface area contributed by atoms with Crippen LogP contribution in [0.25, 0.3) is 0 Å². The summed E-state index contributed by atoms with van der Waals surface area (Å²) in [6.45, 7) is 7.09. The van der Waals surface area contributed by atoms with E-state index in [1.165, 1.54) is 0 Å². The third-order valence-corrected chi connectivity index (χ3v) is 11.2. The highest BCUT2D eigenvalue weighted by atomic mass is 31.2. The predicted octanol–water partition coefficient (Wildman–Crippen LogP) is 1.70. The number of terminal acetylenes is 3. The van der Waals surface area contributed by atoms with Crippen molar-refractivity contribution in [1.29, 1.82) is 0 Å². The quantitative estimate of drug-likeness (QED) is 0.0349. The van der Waals surface area contributed by atoms with Crippen LogP contribution in [-0.4, -0.2) is 145 Å². The Kier molecular flexibility index (Phi) is 30.1. The van der Waals surface area contributed by atoms with Crippen LogP contribution >= 0.6 is 7.60 Å². The van der Waals surface area contributed by atoms with Gasteiger partial charge in [0.1, 0.15) is 19.8 Å². The minimum Gasteiger partial charge on any atom is -0.377 e. The Morgan fingerprint density at radius 2 is 0.983 bits per heavy atom. The summed E-state index contributed by atoms with van der Waals surface area (Å²) in [5, 5.41) is 11.6. The van der Waals surface area contributed by atoms with Gasteiger partial charge in [0, 0.05) is 50.4 Å². The van der Waals surface area contributed by atoms with Crippen LogP contribution < -0.4 is 21.3 Å². The molecular weight excluding hydrogens is 787 g/mol. The number of carbonyl (C=O) groups is 4. The van der Waals surface area contributed by atoms with Crippen LogP contribution in [0.1, 0.15) is 78.1 Å². The van der Waals surface area contributed by atoms with Gasteiger partial charge in [0.2, 0.25) is 23.6 Å². The fraction of sp³-hybridized carbons (Fsp3) is 0.756. The molecule has 0 radical (unpaired) electrons. The molecule has 1 unspecified atom stereocenters. The van der Waals surface area contributed by atoms with E-state index in [2.05, 4.69) is 39.0 Å². The highest BCUT2D eigenvalue weighted by Gasteiger charge is 2.38. The number of ether oxygens (including phenoxy) is 6. The van der Waals surface area contributed by atoms with Gasteiger partial charge >= 0.3 is 7.60 Å². The summed E-state index contributed by atoms with van der Waals surface area (Å²) in [6, 6.07) is 0. The zero-order valence-electron chi connectivity index (χ0n) is 34.9. The molecule has 5 N–H and O–H groups in total. The molecule has 1 atom stereocenters. The van der Waals surface area contributed by atoms with E-state index in [1.54, 1.807) is 13.8 Å². The number of rotatable bonds is 35. The third kappa shape index (κ3) is 27.0. The largest absolute Gasteiger partial charge is 0.377 e. The van der Waals surface area contributed by atoms with Crippen LogP contribution in [0.2, 0.25) is 0 Å². The molecule has 0 aromatic rings. The van der Waals surface area contributed by atoms with Crippen molar-refractivity contribution in [2.75, 3.05) is 98.9 Å². The maximum atomic E-state index is 14.0. The van der Waals surface area contributed by atoms with Crippen LogP contribution in [0, 0.1) is 42.9 Å². The average molecular weight is 855 g/mol. The van der Waals surface area contributed by atoms with Gasteiger partial charge in [-0.25, -0.2) is 0 Å². The van der Waals surface area contributed by atoms with Crippen molar-refractivity contribution in [2.45, 2.75) is 95.4 Å². The number of carbonyl (C=O) groups excluding carboxylic acids is 4. The SMILES string of the molecule is C#CCOCCOCCNC(=O)CCC(CCC(=O)NCCOCCOCC#C)(CCC(=O)NCCOCCOCC#C)NC(=O)C1CCC(OP(=O)(O)C(C)C)CC1. The molecule has 18 heteroatoms. The molecule has 0 aliphatic heterocycles. The van der Waals surface area contributed by atoms with Crippen LogP contribution in [0.15, 0.2) is 0 Å². The number of hydrogen-bond acceptors (Lipinski definition) is 12. The van der Waals surface area contributed by atoms with Crippen molar-refractivity contribution in [1.82, 2.24) is 21.3 Å². The second-order valence-corrected chi connectivity index (χ2v) is 16.5. The van der Waals surface area contributed by atoms with E-state index in [0.717, 1.165) is 0 Å². The lowest BCUT2D eigenvalue weighted by atomic mass is 9.81. The zero-order valence-corrected chi connectivity index (χ0v) is 35.8. The van der Waals surface area contributed by atoms with Gasteiger partial charge in [-0.1, -0.05) is 31.6 Å². The first kappa shape index (κ1) is 53.5. The maximum absolute atomic E-state index is 14.0. The summed E-state index contributed by atoms with van der Waals surface area (Å²) < 4.78 is 50.0. The lowest BCUT2D eigenvalue weighted by Crippen LogP contribution is -2.52. The van der Waals surface area contributed by atoms with Crippen molar-refractivity contribution in [2.24, 2.45) is 5.92 Å². The fourth-order valence-electron chi connectivity index (χ4n) is 5.86. The monoisotopic (exact) mass is 854 g/mol. The van der Waals surface area contributed by atoms with Gasteiger partial charge < -0.3 is 59.1 Å². The first-order valence-electron chi connectivity index (χ1n) is 20.3. The smallest absolute Gasteiger partial charge is 0.330 e. The molecule has 17 nitrogen and oxygen atoms in total. The molecule has 1 aliphatic rings. The highest BCUT2D eigenvalue weighted by molar-refractivity contribution is 7.53. The predicted molar refractivity (Wildman–Crippen MR) is 221 cm³/mol. The fourth-order valence-corrected chi connectivity index (χ4v) is 6.74. The topological polar surface area (TPSA) is 218 Å². The van der Waals surface area contributed by atoms with Crippen molar-refractivity contribution in [3.05, 3.63) is 0 Å². The minimum atomic E-state index is -3.79. The number of nitrogens with one attached hydrogen (secondary N) is 4. The van der Waals surface area contributed by atoms with Gasteiger partial charge in [0.05, 0.1) is 71.2 Å². The van der Waals surface area contributed by atoms with Gasteiger partial charge in [-0.2, -0.15) is 0 Å². The molecular formula is C41H67N4O13P. The van der Waals surface area contributed by atoms with E-state index in [-0.39, 0.29) is 121 Å². The van der Waals surface area contributed by atoms with Gasteiger partial charge in [0.15, 0.2) is 0 Å². The van der Waals surface area contributed by atoms with E-state index in [4.69, 9.17) is 52.2 Å². The summed E-state index contributed by atoms with van der Waals surface area (Å²) in [6.07, 6.45) is 17.0. The summed E-state index contributed by atoms with van der Waals surface area (Å²) in [4.78, 5) is 63.5. The Labute approximate surface area is 350 Å². The van der Waals surface area contributed by atoms with Crippen LogP contribution in [0.4, 0.5) is 0 Å². The Hall–Kier alpha value is -3.53. The lowest BCUT2D eigenvalue weighted by Gasteiger charge is -2.38. The molecule has 0 saturated heterocycles. The Morgan fingerprint density at radius 3 is 1.32 bits per heavy atom. The average Bonchev–Trinajstić information content (AvgIpc) is 3.21. The minimum absolute atomic E-state index is 0.0124. The van der Waals surface area contributed by atoms with Crippen molar-refractivity contribution >= 4 is 31.2 Å². The van der Waals surface area contributed by atoms with Crippen molar-refractivity contribution < 1.29 is 61.6 Å². The van der Waals surface area contributed by atoms with E-state index in [9.17, 15) is 28.6 Å². The van der Waals surface area contributed by atoms with Gasteiger partial charge in [0.25, 0.3) is 0 Å². The van der Waals surface area contributed by atoms with E-state index in [0.29, 0.717) is 65.3 Å². The summed E-state index contributed by atoms with van der Waals surface area (Å²) in [5.74, 6) is 5.47. The molecule has 0 aromatic carbocycles. The number of hydrogen-bond donors (Lipinski definition) is 5.